The number of aliphatic hydroxyl groups excluding tert-OH is 13. The SMILES string of the molecule is CC(=O)N[C@H]1[C@H](OC[C@H]2O[C@@H](O)[C@H](O)[C@@H](O)[C@H]2O)O[C@H](CO)[C@@H](O)[C@@H]1O[C@@H]1O[C@H](CO)[C@H](O)[C@H](O[C@]2(C(=O)O)C[C@H](O)[C@@H](NC(C)=O)[C@H]([C@H](O)[C@H](O)CO)O2)[C@H]1O. The summed E-state index contributed by atoms with van der Waals surface area (Å²) < 4.78 is 39.0. The van der Waals surface area contributed by atoms with Gasteiger partial charge in [-0.25, -0.2) is 4.79 Å². The summed E-state index contributed by atoms with van der Waals surface area (Å²) in [5.41, 5.74) is 0. The predicted octanol–water partition coefficient (Wildman–Crippen LogP) is -10.3. The second-order valence-electron chi connectivity index (χ2n) is 14.1. The van der Waals surface area contributed by atoms with Crippen LogP contribution in [-0.2, 0) is 47.5 Å². The summed E-state index contributed by atoms with van der Waals surface area (Å²) in [5.74, 6) is -6.73. The van der Waals surface area contributed by atoms with Gasteiger partial charge >= 0.3 is 5.97 Å². The lowest BCUT2D eigenvalue weighted by Gasteiger charge is -2.51. The van der Waals surface area contributed by atoms with E-state index in [1.807, 2.05) is 0 Å². The fourth-order valence-electron chi connectivity index (χ4n) is 6.95. The lowest BCUT2D eigenvalue weighted by atomic mass is 9.88. The number of hydrogen-bond acceptors (Lipinski definition) is 23. The van der Waals surface area contributed by atoms with E-state index in [2.05, 4.69) is 10.6 Å². The van der Waals surface area contributed by atoms with Crippen molar-refractivity contribution in [1.82, 2.24) is 10.6 Å². The number of aliphatic carboxylic acids is 1. The van der Waals surface area contributed by atoms with E-state index < -0.39 is 179 Å². The summed E-state index contributed by atoms with van der Waals surface area (Å²) >= 11 is 0. The Morgan fingerprint density at radius 1 is 0.719 bits per heavy atom. The Kier molecular flexibility index (Phi) is 16.4. The van der Waals surface area contributed by atoms with Gasteiger partial charge in [0.25, 0.3) is 5.79 Å². The third kappa shape index (κ3) is 10.3. The molecule has 4 saturated heterocycles. The molecule has 0 aromatic heterocycles. The van der Waals surface area contributed by atoms with Crippen LogP contribution in [0, 0.1) is 0 Å². The summed E-state index contributed by atoms with van der Waals surface area (Å²) in [6, 6.07) is -3.23. The molecule has 0 aliphatic carbocycles. The third-order valence-electron chi connectivity index (χ3n) is 9.96. The van der Waals surface area contributed by atoms with E-state index in [0.717, 1.165) is 13.8 Å². The second-order valence-corrected chi connectivity index (χ2v) is 14.1. The van der Waals surface area contributed by atoms with Crippen molar-refractivity contribution in [1.29, 1.82) is 0 Å². The van der Waals surface area contributed by atoms with E-state index >= 15 is 0 Å². The van der Waals surface area contributed by atoms with Gasteiger partial charge in [-0.05, 0) is 0 Å². The van der Waals surface area contributed by atoms with Crippen molar-refractivity contribution >= 4 is 17.8 Å². The Morgan fingerprint density at radius 3 is 1.82 bits per heavy atom. The van der Waals surface area contributed by atoms with Gasteiger partial charge in [-0.3, -0.25) is 9.59 Å². The summed E-state index contributed by atoms with van der Waals surface area (Å²) in [6.45, 7) is -1.77. The maximum atomic E-state index is 12.8. The molecule has 4 aliphatic heterocycles. The molecule has 0 saturated carbocycles. The molecule has 26 nitrogen and oxygen atoms in total. The van der Waals surface area contributed by atoms with Crippen molar-refractivity contribution in [2.24, 2.45) is 0 Å². The monoisotopic (exact) mass is 836 g/mol. The van der Waals surface area contributed by atoms with Crippen molar-refractivity contribution in [2.45, 2.75) is 149 Å². The lowest BCUT2D eigenvalue weighted by molar-refractivity contribution is -0.382. The molecule has 0 unspecified atom stereocenters. The molecule has 4 aliphatic rings. The van der Waals surface area contributed by atoms with Gasteiger partial charge in [0, 0.05) is 20.3 Å². The quantitative estimate of drug-likeness (QED) is 0.0728. The van der Waals surface area contributed by atoms with Gasteiger partial charge in [-0.1, -0.05) is 0 Å². The number of nitrogens with one attached hydrogen (secondary N) is 2. The number of ether oxygens (including phenoxy) is 7. The molecule has 4 heterocycles. The number of hydrogen-bond donors (Lipinski definition) is 16. The van der Waals surface area contributed by atoms with E-state index in [1.54, 1.807) is 0 Å². The summed E-state index contributed by atoms with van der Waals surface area (Å²) in [6.07, 6.45) is -35.9. The molecule has 0 aromatic rings. The Hall–Kier alpha value is -2.39. The van der Waals surface area contributed by atoms with E-state index in [0.29, 0.717) is 0 Å². The highest BCUT2D eigenvalue weighted by atomic mass is 16.8. The van der Waals surface area contributed by atoms with Gasteiger partial charge in [-0.15, -0.1) is 0 Å². The van der Waals surface area contributed by atoms with Crippen LogP contribution in [0.5, 0.6) is 0 Å². The van der Waals surface area contributed by atoms with Crippen LogP contribution in [0.3, 0.4) is 0 Å². The highest BCUT2D eigenvalue weighted by Gasteiger charge is 2.60. The van der Waals surface area contributed by atoms with Gasteiger partial charge in [0.1, 0.15) is 91.5 Å². The van der Waals surface area contributed by atoms with Crippen LogP contribution in [0.15, 0.2) is 0 Å². The molecule has 26 heteroatoms. The fourth-order valence-corrected chi connectivity index (χ4v) is 6.95. The predicted molar refractivity (Wildman–Crippen MR) is 174 cm³/mol. The normalized spacial score (nSPS) is 45.1. The minimum atomic E-state index is -3.12. The van der Waals surface area contributed by atoms with Crippen LogP contribution >= 0.6 is 0 Å². The maximum absolute atomic E-state index is 12.8. The van der Waals surface area contributed by atoms with Crippen LogP contribution < -0.4 is 10.6 Å². The molecule has 0 aromatic carbocycles. The standard InChI is InChI=1S/C31H52N2O24/c1-8(37)32-15-10(39)3-31(30(49)50,56-25(15)17(41)11(40)4-34)57-26-20(44)13(6-36)54-29(23(26)47)55-24-16(33-9(2)38)28(53-12(5-35)19(24)43)51-7-14-18(42)21(45)22(46)27(48)52-14/h10-29,34-36,39-48H,3-7H2,1-2H3,(H,32,37)(H,33,38)(H,49,50)/t10-,11+,12+,13+,14+,15+,16+,17+,18-,19+,20-,21-,22+,23+,24+,25+,26-,27+,28+,29-,31-/m0/s1. The first-order chi connectivity index (χ1) is 26.7. The van der Waals surface area contributed by atoms with Gasteiger partial charge < -0.3 is 115 Å². The number of carboxylic acid groups (broad SMARTS) is 1. The van der Waals surface area contributed by atoms with Crippen LogP contribution in [0.1, 0.15) is 20.3 Å². The summed E-state index contributed by atoms with van der Waals surface area (Å²) in [5, 5.41) is 150. The van der Waals surface area contributed by atoms with Crippen molar-refractivity contribution in [3.8, 4) is 0 Å². The average Bonchev–Trinajstić information content (AvgIpc) is 3.16. The number of rotatable bonds is 15. The minimum Gasteiger partial charge on any atom is -0.477 e. The van der Waals surface area contributed by atoms with Crippen LogP contribution in [0.25, 0.3) is 0 Å². The number of carboxylic acids is 1. The Labute approximate surface area is 322 Å². The van der Waals surface area contributed by atoms with Crippen LogP contribution in [0.2, 0.25) is 0 Å². The van der Waals surface area contributed by atoms with Crippen LogP contribution in [-0.4, -0.2) is 244 Å². The fraction of sp³-hybridized carbons (Fsp3) is 0.903. The Morgan fingerprint density at radius 2 is 1.28 bits per heavy atom. The highest BCUT2D eigenvalue weighted by molar-refractivity contribution is 5.76. The summed E-state index contributed by atoms with van der Waals surface area (Å²) in [7, 11) is 0. The molecule has 57 heavy (non-hydrogen) atoms. The molecule has 21 atom stereocenters. The molecule has 2 amide bonds. The van der Waals surface area contributed by atoms with Crippen molar-refractivity contribution in [2.75, 3.05) is 26.4 Å². The molecule has 0 bridgehead atoms. The molecule has 0 spiro atoms. The number of aliphatic hydroxyl groups is 13. The maximum Gasteiger partial charge on any atom is 0.364 e. The molecular weight excluding hydrogens is 784 g/mol. The third-order valence-corrected chi connectivity index (χ3v) is 9.96. The second kappa shape index (κ2) is 19.8. The van der Waals surface area contributed by atoms with Gasteiger partial charge in [0.15, 0.2) is 18.9 Å². The largest absolute Gasteiger partial charge is 0.477 e. The van der Waals surface area contributed by atoms with Gasteiger partial charge in [0.05, 0.1) is 38.6 Å². The van der Waals surface area contributed by atoms with Crippen LogP contribution in [0.4, 0.5) is 0 Å². The van der Waals surface area contributed by atoms with E-state index in [9.17, 15) is 85.9 Å². The number of carbonyl (C=O) groups is 3. The molecular formula is C31H52N2O24. The zero-order valence-electron chi connectivity index (χ0n) is 30.4. The first kappa shape index (κ1) is 47.3. The topological polar surface area (TPSA) is 423 Å². The van der Waals surface area contributed by atoms with Gasteiger partial charge in [0.2, 0.25) is 11.8 Å². The number of amides is 2. The molecule has 4 rings (SSSR count). The molecule has 16 N–H and O–H groups in total. The number of carbonyl (C=O) groups excluding carboxylic acids is 2. The first-order valence-corrected chi connectivity index (χ1v) is 17.7. The van der Waals surface area contributed by atoms with E-state index in [4.69, 9.17) is 33.2 Å². The van der Waals surface area contributed by atoms with Crippen molar-refractivity contribution < 1.29 is 119 Å². The smallest absolute Gasteiger partial charge is 0.364 e. The van der Waals surface area contributed by atoms with Crippen molar-refractivity contribution in [3.63, 3.8) is 0 Å². The Bertz CT molecular complexity index is 1350. The lowest BCUT2D eigenvalue weighted by Crippen LogP contribution is -2.71. The zero-order chi connectivity index (χ0) is 42.7. The van der Waals surface area contributed by atoms with E-state index in [-0.39, 0.29) is 0 Å². The highest BCUT2D eigenvalue weighted by Crippen LogP contribution is 2.38. The van der Waals surface area contributed by atoms with Gasteiger partial charge in [-0.2, -0.15) is 0 Å². The molecule has 0 radical (unpaired) electrons. The molecule has 4 fully saturated rings. The summed E-state index contributed by atoms with van der Waals surface area (Å²) in [4.78, 5) is 37.1. The Balaban J connectivity index is 1.64. The molecule has 330 valence electrons. The first-order valence-electron chi connectivity index (χ1n) is 17.7. The minimum absolute atomic E-state index is 0.724. The zero-order valence-corrected chi connectivity index (χ0v) is 30.4. The van der Waals surface area contributed by atoms with Crippen molar-refractivity contribution in [3.05, 3.63) is 0 Å². The average molecular weight is 837 g/mol. The van der Waals surface area contributed by atoms with E-state index in [1.165, 1.54) is 0 Å².